The molecule has 8 nitrogen and oxygen atoms in total. The second kappa shape index (κ2) is 9.63. The lowest BCUT2D eigenvalue weighted by atomic mass is 10.2. The molecule has 1 atom stereocenters. The third-order valence-corrected chi connectivity index (χ3v) is 5.86. The lowest BCUT2D eigenvalue weighted by molar-refractivity contribution is 0.121. The molecule has 0 saturated carbocycles. The second-order valence-corrected chi connectivity index (χ2v) is 8.16. The number of methoxy groups -OCH3 is 1. The van der Waals surface area contributed by atoms with E-state index in [9.17, 15) is 18.4 Å². The number of rotatable bonds is 5. The number of anilines is 2. The molecule has 2 fully saturated rings. The fourth-order valence-electron chi connectivity index (χ4n) is 3.51. The van der Waals surface area contributed by atoms with Crippen LogP contribution in [0.25, 0.3) is 0 Å². The zero-order chi connectivity index (χ0) is 22.7. The molecule has 0 aromatic heterocycles. The number of amides is 2. The summed E-state index contributed by atoms with van der Waals surface area (Å²) in [6.07, 6.45) is -1.62. The molecule has 2 aliphatic heterocycles. The number of benzene rings is 1. The number of nitrogens with one attached hydrogen (secondary N) is 1. The highest BCUT2D eigenvalue weighted by Gasteiger charge is 2.34. The van der Waals surface area contributed by atoms with Crippen molar-refractivity contribution in [2.45, 2.75) is 20.0 Å². The summed E-state index contributed by atoms with van der Waals surface area (Å²) in [7, 11) is 1.29. The minimum atomic E-state index is -0.781. The molecule has 31 heavy (non-hydrogen) atoms. The van der Waals surface area contributed by atoms with Crippen molar-refractivity contribution in [3.63, 3.8) is 0 Å². The highest BCUT2D eigenvalue weighted by molar-refractivity contribution is 7.80. The van der Waals surface area contributed by atoms with Gasteiger partial charge in [-0.3, -0.25) is 4.90 Å². The molecule has 11 heteroatoms. The molecule has 0 radical (unpaired) electrons. The maximum atomic E-state index is 14.8. The average Bonchev–Trinajstić information content (AvgIpc) is 3.11. The van der Waals surface area contributed by atoms with E-state index in [-0.39, 0.29) is 36.9 Å². The van der Waals surface area contributed by atoms with Crippen LogP contribution in [0.4, 0.5) is 29.7 Å². The molecule has 1 unspecified atom stereocenters. The zero-order valence-electron chi connectivity index (χ0n) is 17.7. The van der Waals surface area contributed by atoms with Crippen LogP contribution >= 0.6 is 12.2 Å². The summed E-state index contributed by atoms with van der Waals surface area (Å²) < 4.78 is 39.6. The smallest absolute Gasteiger partial charge is 0.414 e. The standard InChI is InChI=1S/C20H26F2N4O4S/c1-12(2)18(31)23-10-14-11-26(20(28)30-14)13-8-15(21)17(16(22)9-13)24-4-6-25(7-5-24)19(27)29-3/h8-9,12,14H,4-7,10-11H2,1-3H3,(H,23,31). The van der Waals surface area contributed by atoms with Crippen molar-refractivity contribution < 1.29 is 27.8 Å². The Morgan fingerprint density at radius 1 is 1.26 bits per heavy atom. The van der Waals surface area contributed by atoms with Crippen LogP contribution in [0.1, 0.15) is 13.8 Å². The van der Waals surface area contributed by atoms with Gasteiger partial charge in [0, 0.05) is 44.2 Å². The van der Waals surface area contributed by atoms with Crippen LogP contribution in [0.5, 0.6) is 0 Å². The molecule has 0 aliphatic carbocycles. The number of nitrogens with zero attached hydrogens (tertiary/aromatic N) is 3. The average molecular weight is 457 g/mol. The molecule has 0 spiro atoms. The van der Waals surface area contributed by atoms with Gasteiger partial charge in [-0.1, -0.05) is 26.1 Å². The predicted octanol–water partition coefficient (Wildman–Crippen LogP) is 2.75. The van der Waals surface area contributed by atoms with Crippen LogP contribution in [0, 0.1) is 17.6 Å². The first-order chi connectivity index (χ1) is 14.7. The highest BCUT2D eigenvalue weighted by atomic mass is 32.1. The van der Waals surface area contributed by atoms with Crippen molar-refractivity contribution in [1.29, 1.82) is 0 Å². The molecule has 2 aliphatic rings. The summed E-state index contributed by atoms with van der Waals surface area (Å²) in [4.78, 5) is 28.7. The Morgan fingerprint density at radius 3 is 2.42 bits per heavy atom. The van der Waals surface area contributed by atoms with Crippen molar-refractivity contribution in [2.75, 3.05) is 56.2 Å². The number of carbonyl (C=O) groups excluding carboxylic acids is 2. The van der Waals surface area contributed by atoms with Gasteiger partial charge in [-0.25, -0.2) is 18.4 Å². The highest BCUT2D eigenvalue weighted by Crippen LogP contribution is 2.31. The van der Waals surface area contributed by atoms with E-state index >= 15 is 0 Å². The number of carbonyl (C=O) groups is 2. The first kappa shape index (κ1) is 23.0. The van der Waals surface area contributed by atoms with Gasteiger partial charge in [0.25, 0.3) is 0 Å². The van der Waals surface area contributed by atoms with E-state index in [0.29, 0.717) is 24.6 Å². The molecule has 1 N–H and O–H groups in total. The Labute approximate surface area is 185 Å². The van der Waals surface area contributed by atoms with Crippen LogP contribution in [0.3, 0.4) is 0 Å². The number of hydrogen-bond acceptors (Lipinski definition) is 6. The Balaban J connectivity index is 1.67. The van der Waals surface area contributed by atoms with E-state index < -0.39 is 29.9 Å². The summed E-state index contributed by atoms with van der Waals surface area (Å²) in [6, 6.07) is 2.25. The first-order valence-corrected chi connectivity index (χ1v) is 10.4. The lowest BCUT2D eigenvalue weighted by Crippen LogP contribution is -2.49. The van der Waals surface area contributed by atoms with E-state index in [1.165, 1.54) is 21.8 Å². The van der Waals surface area contributed by atoms with Gasteiger partial charge < -0.3 is 24.6 Å². The topological polar surface area (TPSA) is 74.3 Å². The fourth-order valence-corrected chi connectivity index (χ4v) is 3.59. The van der Waals surface area contributed by atoms with Crippen molar-refractivity contribution in [3.8, 4) is 0 Å². The van der Waals surface area contributed by atoms with Gasteiger partial charge in [0.05, 0.1) is 30.9 Å². The van der Waals surface area contributed by atoms with Crippen LogP contribution in [-0.2, 0) is 9.47 Å². The van der Waals surface area contributed by atoms with Gasteiger partial charge in [-0.05, 0) is 0 Å². The first-order valence-electron chi connectivity index (χ1n) is 10.0. The quantitative estimate of drug-likeness (QED) is 0.683. The second-order valence-electron chi connectivity index (χ2n) is 7.72. The van der Waals surface area contributed by atoms with Crippen molar-refractivity contribution in [2.24, 2.45) is 5.92 Å². The summed E-state index contributed by atoms with van der Waals surface area (Å²) >= 11 is 5.21. The van der Waals surface area contributed by atoms with Gasteiger partial charge in [0.1, 0.15) is 11.8 Å². The number of hydrogen-bond donors (Lipinski definition) is 1. The molecule has 1 aromatic carbocycles. The largest absolute Gasteiger partial charge is 0.453 e. The predicted molar refractivity (Wildman–Crippen MR) is 116 cm³/mol. The number of ether oxygens (including phenoxy) is 2. The van der Waals surface area contributed by atoms with Crippen LogP contribution in [-0.4, -0.2) is 74.6 Å². The van der Waals surface area contributed by atoms with Crippen molar-refractivity contribution >= 4 is 40.8 Å². The summed E-state index contributed by atoms with van der Waals surface area (Å²) in [5, 5.41) is 3.04. The Kier molecular flexibility index (Phi) is 7.14. The van der Waals surface area contributed by atoms with E-state index in [0.717, 1.165) is 12.1 Å². The summed E-state index contributed by atoms with van der Waals surface area (Å²) in [5.41, 5.74) is -0.0905. The van der Waals surface area contributed by atoms with E-state index in [1.54, 1.807) is 0 Å². The van der Waals surface area contributed by atoms with E-state index in [1.807, 2.05) is 13.8 Å². The van der Waals surface area contributed by atoms with Gasteiger partial charge in [0.15, 0.2) is 11.6 Å². The molecule has 0 bridgehead atoms. The number of piperazine rings is 1. The zero-order valence-corrected chi connectivity index (χ0v) is 18.5. The molecule has 170 valence electrons. The Morgan fingerprint density at radius 2 is 1.87 bits per heavy atom. The fraction of sp³-hybridized carbons (Fsp3) is 0.550. The summed E-state index contributed by atoms with van der Waals surface area (Å²) in [6.45, 7) is 5.48. The minimum absolute atomic E-state index is 0.0888. The van der Waals surface area contributed by atoms with E-state index in [2.05, 4.69) is 10.1 Å². The molecule has 2 heterocycles. The number of cyclic esters (lactones) is 1. The maximum Gasteiger partial charge on any atom is 0.414 e. The number of halogens is 2. The van der Waals surface area contributed by atoms with Crippen LogP contribution < -0.4 is 15.1 Å². The molecule has 2 saturated heterocycles. The number of thiocarbonyl (C=S) groups is 1. The van der Waals surface area contributed by atoms with Crippen LogP contribution in [0.2, 0.25) is 0 Å². The minimum Gasteiger partial charge on any atom is -0.453 e. The Hall–Kier alpha value is -2.69. The van der Waals surface area contributed by atoms with E-state index in [4.69, 9.17) is 17.0 Å². The Bertz CT molecular complexity index is 839. The van der Waals surface area contributed by atoms with Crippen LogP contribution in [0.15, 0.2) is 12.1 Å². The molecular weight excluding hydrogens is 430 g/mol. The monoisotopic (exact) mass is 456 g/mol. The third kappa shape index (κ3) is 5.15. The van der Waals surface area contributed by atoms with Gasteiger partial charge in [0.2, 0.25) is 0 Å². The molecule has 1 aromatic rings. The van der Waals surface area contributed by atoms with Gasteiger partial charge in [-0.15, -0.1) is 0 Å². The van der Waals surface area contributed by atoms with Gasteiger partial charge in [-0.2, -0.15) is 0 Å². The maximum absolute atomic E-state index is 14.8. The SMILES string of the molecule is COC(=O)N1CCN(c2c(F)cc(N3CC(CNC(=S)C(C)C)OC3=O)cc2F)CC1. The normalized spacial score (nSPS) is 19.0. The lowest BCUT2D eigenvalue weighted by Gasteiger charge is -2.35. The molecule has 3 rings (SSSR count). The molecule has 2 amide bonds. The summed E-state index contributed by atoms with van der Waals surface area (Å²) in [5.74, 6) is -1.40. The third-order valence-electron chi connectivity index (χ3n) is 5.24. The van der Waals surface area contributed by atoms with Crippen molar-refractivity contribution in [1.82, 2.24) is 10.2 Å². The van der Waals surface area contributed by atoms with Gasteiger partial charge >= 0.3 is 12.2 Å². The van der Waals surface area contributed by atoms with Crippen molar-refractivity contribution in [3.05, 3.63) is 23.8 Å². The molecular formula is C20H26F2N4O4S.